The highest BCUT2D eigenvalue weighted by Crippen LogP contribution is 2.40. The van der Waals surface area contributed by atoms with Crippen molar-refractivity contribution < 1.29 is 13.9 Å². The van der Waals surface area contributed by atoms with Gasteiger partial charge >= 0.3 is 0 Å². The Kier molecular flexibility index (Phi) is 4.50. The van der Waals surface area contributed by atoms with Gasteiger partial charge in [-0.25, -0.2) is 4.98 Å². The van der Waals surface area contributed by atoms with Crippen molar-refractivity contribution in [2.24, 2.45) is 5.92 Å². The average molecular weight is 356 g/mol. The monoisotopic (exact) mass is 356 g/mol. The summed E-state index contributed by atoms with van der Waals surface area (Å²) < 4.78 is 11.1. The Hall–Kier alpha value is -2.25. The molecule has 1 amide bonds. The first-order valence-electron chi connectivity index (χ1n) is 8.95. The first-order chi connectivity index (χ1) is 12.6. The molecule has 0 saturated carbocycles. The second-order valence-electron chi connectivity index (χ2n) is 7.47. The Morgan fingerprint density at radius 3 is 2.85 bits per heavy atom. The third-order valence-electron chi connectivity index (χ3n) is 5.58. The minimum absolute atomic E-state index is 0.0589. The predicted octanol–water partition coefficient (Wildman–Crippen LogP) is 1.74. The van der Waals surface area contributed by atoms with Crippen molar-refractivity contribution in [3.05, 3.63) is 47.9 Å². The van der Waals surface area contributed by atoms with Crippen LogP contribution in [-0.2, 0) is 11.3 Å². The number of hydrogen-bond acceptors (Lipinski definition) is 6. The zero-order chi connectivity index (χ0) is 18.1. The standard InChI is InChI=1S/C19H24N4O3/c1-14-17(26-13-21-14)18(24)23-11-19(12-23)7-16(8-22(19)2)10-25-9-15-3-5-20-6-4-15/h3-6,13,16H,7-12H2,1-2H3/t16-/m0/s1. The summed E-state index contributed by atoms with van der Waals surface area (Å²) in [5.74, 6) is 0.792. The number of carbonyl (C=O) groups excluding carboxylic acids is 1. The number of carbonyl (C=O) groups is 1. The lowest BCUT2D eigenvalue weighted by Crippen LogP contribution is -2.68. The normalized spacial score (nSPS) is 21.9. The number of likely N-dealkylation sites (N-methyl/N-ethyl adjacent to an activating group) is 1. The van der Waals surface area contributed by atoms with Gasteiger partial charge in [0, 0.05) is 32.0 Å². The molecular formula is C19H24N4O3. The zero-order valence-corrected chi connectivity index (χ0v) is 15.2. The van der Waals surface area contributed by atoms with Crippen molar-refractivity contribution in [2.75, 3.05) is 33.3 Å². The van der Waals surface area contributed by atoms with Crippen LogP contribution in [0.4, 0.5) is 0 Å². The summed E-state index contributed by atoms with van der Waals surface area (Å²) in [5.41, 5.74) is 1.87. The maximum atomic E-state index is 12.5. The van der Waals surface area contributed by atoms with Crippen molar-refractivity contribution in [1.29, 1.82) is 0 Å². The van der Waals surface area contributed by atoms with Crippen LogP contribution in [-0.4, -0.2) is 64.5 Å². The summed E-state index contributed by atoms with van der Waals surface area (Å²) in [7, 11) is 2.14. The summed E-state index contributed by atoms with van der Waals surface area (Å²) in [6.07, 6.45) is 5.95. The molecule has 0 N–H and O–H groups in total. The molecule has 0 aliphatic carbocycles. The quantitative estimate of drug-likeness (QED) is 0.813. The van der Waals surface area contributed by atoms with E-state index in [-0.39, 0.29) is 11.4 Å². The van der Waals surface area contributed by atoms with Crippen LogP contribution < -0.4 is 0 Å². The number of hydrogen-bond donors (Lipinski definition) is 0. The summed E-state index contributed by atoms with van der Waals surface area (Å²) in [4.78, 5) is 24.8. The number of oxazole rings is 1. The minimum Gasteiger partial charge on any atom is -0.438 e. The van der Waals surface area contributed by atoms with Crippen molar-refractivity contribution in [2.45, 2.75) is 25.5 Å². The van der Waals surface area contributed by atoms with Crippen molar-refractivity contribution in [1.82, 2.24) is 19.8 Å². The molecule has 2 aromatic heterocycles. The molecule has 2 aromatic rings. The minimum atomic E-state index is -0.0589. The van der Waals surface area contributed by atoms with Gasteiger partial charge in [0.1, 0.15) is 0 Å². The molecule has 138 valence electrons. The van der Waals surface area contributed by atoms with E-state index < -0.39 is 0 Å². The molecule has 2 fully saturated rings. The van der Waals surface area contributed by atoms with Crippen molar-refractivity contribution >= 4 is 5.91 Å². The third kappa shape index (κ3) is 3.12. The second-order valence-corrected chi connectivity index (χ2v) is 7.47. The molecular weight excluding hydrogens is 332 g/mol. The molecule has 4 rings (SSSR count). The van der Waals surface area contributed by atoms with Gasteiger partial charge in [0.25, 0.3) is 5.91 Å². The van der Waals surface area contributed by atoms with E-state index in [4.69, 9.17) is 9.15 Å². The highest BCUT2D eigenvalue weighted by molar-refractivity contribution is 5.93. The molecule has 2 aliphatic heterocycles. The summed E-state index contributed by atoms with van der Waals surface area (Å²) in [5, 5.41) is 0. The summed E-state index contributed by atoms with van der Waals surface area (Å²) in [6.45, 7) is 5.63. The Morgan fingerprint density at radius 1 is 1.38 bits per heavy atom. The fraction of sp³-hybridized carbons (Fsp3) is 0.526. The van der Waals surface area contributed by atoms with Gasteiger partial charge in [-0.1, -0.05) is 0 Å². The van der Waals surface area contributed by atoms with E-state index in [1.54, 1.807) is 19.3 Å². The van der Waals surface area contributed by atoms with Gasteiger partial charge in [0.05, 0.1) is 24.4 Å². The highest BCUT2D eigenvalue weighted by Gasteiger charge is 2.53. The third-order valence-corrected chi connectivity index (χ3v) is 5.58. The van der Waals surface area contributed by atoms with Crippen LogP contribution in [0.1, 0.15) is 28.2 Å². The van der Waals surface area contributed by atoms with Gasteiger partial charge in [-0.05, 0) is 44.0 Å². The first-order valence-corrected chi connectivity index (χ1v) is 8.95. The van der Waals surface area contributed by atoms with Crippen LogP contribution in [0.15, 0.2) is 35.3 Å². The fourth-order valence-corrected chi connectivity index (χ4v) is 4.10. The average Bonchev–Trinajstić information content (AvgIpc) is 3.17. The molecule has 2 aliphatic rings. The SMILES string of the molecule is Cc1ncoc1C(=O)N1CC2(C[C@H](COCc3ccncc3)CN2C)C1. The Labute approximate surface area is 153 Å². The van der Waals surface area contributed by atoms with E-state index >= 15 is 0 Å². The van der Waals surface area contributed by atoms with Crippen LogP contribution in [0.2, 0.25) is 0 Å². The van der Waals surface area contributed by atoms with Crippen LogP contribution in [0, 0.1) is 12.8 Å². The lowest BCUT2D eigenvalue weighted by atomic mass is 9.84. The van der Waals surface area contributed by atoms with E-state index in [0.29, 0.717) is 24.0 Å². The van der Waals surface area contributed by atoms with E-state index in [9.17, 15) is 4.79 Å². The molecule has 1 atom stereocenters. The van der Waals surface area contributed by atoms with Gasteiger partial charge in [0.2, 0.25) is 5.76 Å². The Balaban J connectivity index is 1.28. The molecule has 0 bridgehead atoms. The number of likely N-dealkylation sites (tertiary alicyclic amines) is 2. The number of pyridine rings is 1. The van der Waals surface area contributed by atoms with E-state index in [1.807, 2.05) is 17.0 Å². The highest BCUT2D eigenvalue weighted by atomic mass is 16.5. The van der Waals surface area contributed by atoms with E-state index in [0.717, 1.165) is 38.2 Å². The van der Waals surface area contributed by atoms with Gasteiger partial charge in [-0.3, -0.25) is 14.7 Å². The van der Waals surface area contributed by atoms with Gasteiger partial charge in [-0.15, -0.1) is 0 Å². The van der Waals surface area contributed by atoms with E-state index in [1.165, 1.54) is 6.39 Å². The smallest absolute Gasteiger partial charge is 0.291 e. The molecule has 1 spiro atoms. The first kappa shape index (κ1) is 17.2. The largest absolute Gasteiger partial charge is 0.438 e. The zero-order valence-electron chi connectivity index (χ0n) is 15.2. The number of rotatable bonds is 5. The molecule has 0 unspecified atom stereocenters. The van der Waals surface area contributed by atoms with Crippen LogP contribution in [0.25, 0.3) is 0 Å². The topological polar surface area (TPSA) is 71.7 Å². The van der Waals surface area contributed by atoms with Crippen molar-refractivity contribution in [3.63, 3.8) is 0 Å². The Morgan fingerprint density at radius 2 is 2.15 bits per heavy atom. The molecule has 0 radical (unpaired) electrons. The Bertz CT molecular complexity index is 770. The van der Waals surface area contributed by atoms with Crippen LogP contribution in [0.3, 0.4) is 0 Å². The summed E-state index contributed by atoms with van der Waals surface area (Å²) >= 11 is 0. The predicted molar refractivity (Wildman–Crippen MR) is 94.5 cm³/mol. The molecule has 4 heterocycles. The maximum Gasteiger partial charge on any atom is 0.291 e. The number of aryl methyl sites for hydroxylation is 1. The molecule has 7 heteroatoms. The number of aromatic nitrogens is 2. The second kappa shape index (κ2) is 6.81. The summed E-state index contributed by atoms with van der Waals surface area (Å²) in [6, 6.07) is 3.95. The van der Waals surface area contributed by atoms with Gasteiger partial charge in [-0.2, -0.15) is 0 Å². The number of nitrogens with zero attached hydrogens (tertiary/aromatic N) is 4. The molecule has 0 aromatic carbocycles. The van der Waals surface area contributed by atoms with Crippen LogP contribution in [0.5, 0.6) is 0 Å². The number of amides is 1. The van der Waals surface area contributed by atoms with Gasteiger partial charge < -0.3 is 14.1 Å². The van der Waals surface area contributed by atoms with E-state index in [2.05, 4.69) is 21.9 Å². The molecule has 7 nitrogen and oxygen atoms in total. The van der Waals surface area contributed by atoms with Crippen molar-refractivity contribution in [3.8, 4) is 0 Å². The lowest BCUT2D eigenvalue weighted by molar-refractivity contribution is -0.00991. The number of ether oxygens (including phenoxy) is 1. The van der Waals surface area contributed by atoms with Crippen LogP contribution >= 0.6 is 0 Å². The fourth-order valence-electron chi connectivity index (χ4n) is 4.10. The lowest BCUT2D eigenvalue weighted by Gasteiger charge is -2.51. The molecule has 26 heavy (non-hydrogen) atoms. The van der Waals surface area contributed by atoms with Gasteiger partial charge in [0.15, 0.2) is 6.39 Å². The maximum absolute atomic E-state index is 12.5. The molecule has 2 saturated heterocycles.